The summed E-state index contributed by atoms with van der Waals surface area (Å²) >= 11 is 0. The summed E-state index contributed by atoms with van der Waals surface area (Å²) < 4.78 is 13.4. The lowest BCUT2D eigenvalue weighted by atomic mass is 10.2. The van der Waals surface area contributed by atoms with Crippen LogP contribution in [0.2, 0.25) is 0 Å². The van der Waals surface area contributed by atoms with Crippen LogP contribution in [0.5, 0.6) is 0 Å². The number of nitrogens with one attached hydrogen (secondary N) is 1. The molecule has 86 valence electrons. The summed E-state index contributed by atoms with van der Waals surface area (Å²) in [6.07, 6.45) is 4.17. The number of anilines is 2. The molecule has 0 aliphatic heterocycles. The number of nitrogens with two attached hydrogens (primary N) is 1. The SMILES string of the molecule is Nc1ccc(C(=O)Nc2cncnc2)c(F)c1. The Morgan fingerprint density at radius 1 is 1.29 bits per heavy atom. The molecule has 1 heterocycles. The van der Waals surface area contributed by atoms with Crippen LogP contribution in [0.3, 0.4) is 0 Å². The van der Waals surface area contributed by atoms with Crippen LogP contribution in [0.1, 0.15) is 10.4 Å². The first-order chi connectivity index (χ1) is 8.16. The van der Waals surface area contributed by atoms with Crippen LogP contribution in [0.4, 0.5) is 15.8 Å². The number of carbonyl (C=O) groups excluding carboxylic acids is 1. The summed E-state index contributed by atoms with van der Waals surface area (Å²) in [7, 11) is 0. The fraction of sp³-hybridized carbons (Fsp3) is 0. The zero-order chi connectivity index (χ0) is 12.3. The van der Waals surface area contributed by atoms with Gasteiger partial charge in [-0.3, -0.25) is 4.79 Å². The van der Waals surface area contributed by atoms with Gasteiger partial charge in [-0.25, -0.2) is 14.4 Å². The van der Waals surface area contributed by atoms with E-state index in [9.17, 15) is 9.18 Å². The monoisotopic (exact) mass is 232 g/mol. The molecule has 0 fully saturated rings. The van der Waals surface area contributed by atoms with Crippen molar-refractivity contribution in [2.24, 2.45) is 0 Å². The first-order valence-corrected chi connectivity index (χ1v) is 4.78. The van der Waals surface area contributed by atoms with E-state index < -0.39 is 11.7 Å². The van der Waals surface area contributed by atoms with Gasteiger partial charge in [0, 0.05) is 5.69 Å². The predicted molar refractivity (Wildman–Crippen MR) is 60.8 cm³/mol. The van der Waals surface area contributed by atoms with Crippen molar-refractivity contribution in [2.45, 2.75) is 0 Å². The molecule has 3 N–H and O–H groups in total. The Morgan fingerprint density at radius 3 is 2.65 bits per heavy atom. The number of nitrogens with zero attached hydrogens (tertiary/aromatic N) is 2. The number of carbonyl (C=O) groups is 1. The molecule has 17 heavy (non-hydrogen) atoms. The maximum absolute atomic E-state index is 13.4. The van der Waals surface area contributed by atoms with Crippen LogP contribution in [0.25, 0.3) is 0 Å². The third kappa shape index (κ3) is 2.54. The van der Waals surface area contributed by atoms with Crippen LogP contribution in [0, 0.1) is 5.82 Å². The number of amides is 1. The Morgan fingerprint density at radius 2 is 2.00 bits per heavy atom. The number of hydrogen-bond donors (Lipinski definition) is 2. The van der Waals surface area contributed by atoms with Crippen LogP contribution in [-0.4, -0.2) is 15.9 Å². The Hall–Kier alpha value is -2.50. The zero-order valence-corrected chi connectivity index (χ0v) is 8.72. The molecule has 2 rings (SSSR count). The first kappa shape index (κ1) is 11.0. The van der Waals surface area contributed by atoms with Gasteiger partial charge in [0.25, 0.3) is 5.91 Å². The number of rotatable bonds is 2. The van der Waals surface area contributed by atoms with E-state index in [1.807, 2.05) is 0 Å². The Bertz CT molecular complexity index is 544. The summed E-state index contributed by atoms with van der Waals surface area (Å²) in [5, 5.41) is 2.47. The summed E-state index contributed by atoms with van der Waals surface area (Å²) in [5.41, 5.74) is 5.97. The second kappa shape index (κ2) is 4.56. The van der Waals surface area contributed by atoms with E-state index in [2.05, 4.69) is 15.3 Å². The van der Waals surface area contributed by atoms with Gasteiger partial charge in [0.05, 0.1) is 23.6 Å². The molecule has 2 aromatic rings. The molecule has 0 atom stereocenters. The molecule has 0 saturated carbocycles. The van der Waals surface area contributed by atoms with Gasteiger partial charge < -0.3 is 11.1 Å². The minimum atomic E-state index is -0.667. The fourth-order valence-electron chi connectivity index (χ4n) is 1.28. The number of hydrogen-bond acceptors (Lipinski definition) is 4. The number of benzene rings is 1. The van der Waals surface area contributed by atoms with Crippen molar-refractivity contribution in [3.05, 3.63) is 48.3 Å². The van der Waals surface area contributed by atoms with E-state index in [1.54, 1.807) is 0 Å². The van der Waals surface area contributed by atoms with Crippen LogP contribution in [0.15, 0.2) is 36.9 Å². The molecule has 0 aliphatic rings. The van der Waals surface area contributed by atoms with Gasteiger partial charge in [-0.15, -0.1) is 0 Å². The molecule has 0 aliphatic carbocycles. The molecule has 0 bridgehead atoms. The van der Waals surface area contributed by atoms with Gasteiger partial charge in [-0.2, -0.15) is 0 Å². The van der Waals surface area contributed by atoms with E-state index in [-0.39, 0.29) is 11.3 Å². The van der Waals surface area contributed by atoms with Crippen molar-refractivity contribution in [1.82, 2.24) is 9.97 Å². The van der Waals surface area contributed by atoms with Gasteiger partial charge >= 0.3 is 0 Å². The van der Waals surface area contributed by atoms with Crippen molar-refractivity contribution in [3.63, 3.8) is 0 Å². The lowest BCUT2D eigenvalue weighted by molar-refractivity contribution is 0.102. The van der Waals surface area contributed by atoms with E-state index in [0.717, 1.165) is 6.07 Å². The maximum Gasteiger partial charge on any atom is 0.258 e. The average molecular weight is 232 g/mol. The molecular formula is C11H9FN4O. The van der Waals surface area contributed by atoms with Crippen molar-refractivity contribution >= 4 is 17.3 Å². The Labute approximate surface area is 96.5 Å². The molecule has 6 heteroatoms. The highest BCUT2D eigenvalue weighted by Crippen LogP contribution is 2.13. The average Bonchev–Trinajstić information content (AvgIpc) is 2.30. The summed E-state index contributed by atoms with van der Waals surface area (Å²) in [6.45, 7) is 0. The number of aromatic nitrogens is 2. The smallest absolute Gasteiger partial charge is 0.258 e. The van der Waals surface area contributed by atoms with Crippen LogP contribution < -0.4 is 11.1 Å². The van der Waals surface area contributed by atoms with Crippen molar-refractivity contribution in [3.8, 4) is 0 Å². The Balaban J connectivity index is 2.21. The van der Waals surface area contributed by atoms with E-state index in [1.165, 1.54) is 30.9 Å². The minimum absolute atomic E-state index is 0.0805. The van der Waals surface area contributed by atoms with Gasteiger partial charge in [-0.05, 0) is 18.2 Å². The molecule has 1 aromatic heterocycles. The highest BCUT2D eigenvalue weighted by molar-refractivity contribution is 6.04. The topological polar surface area (TPSA) is 80.9 Å². The lowest BCUT2D eigenvalue weighted by Gasteiger charge is -2.05. The van der Waals surface area contributed by atoms with Crippen molar-refractivity contribution < 1.29 is 9.18 Å². The molecule has 1 aromatic carbocycles. The standard InChI is InChI=1S/C11H9FN4O/c12-10-3-7(13)1-2-9(10)11(17)16-8-4-14-6-15-5-8/h1-6H,13H2,(H,16,17). The van der Waals surface area contributed by atoms with Gasteiger partial charge in [0.15, 0.2) is 0 Å². The zero-order valence-electron chi connectivity index (χ0n) is 8.72. The highest BCUT2D eigenvalue weighted by Gasteiger charge is 2.11. The largest absolute Gasteiger partial charge is 0.399 e. The van der Waals surface area contributed by atoms with Gasteiger partial charge in [0.1, 0.15) is 12.1 Å². The predicted octanol–water partition coefficient (Wildman–Crippen LogP) is 1.45. The molecule has 1 amide bonds. The molecule has 0 saturated heterocycles. The van der Waals surface area contributed by atoms with Crippen molar-refractivity contribution in [2.75, 3.05) is 11.1 Å². The normalized spacial score (nSPS) is 9.94. The number of nitrogen functional groups attached to an aromatic ring is 1. The van der Waals surface area contributed by atoms with E-state index >= 15 is 0 Å². The summed E-state index contributed by atoms with van der Waals surface area (Å²) in [6, 6.07) is 3.87. The third-order valence-corrected chi connectivity index (χ3v) is 2.06. The maximum atomic E-state index is 13.4. The summed E-state index contributed by atoms with van der Waals surface area (Å²) in [5.74, 6) is -1.24. The van der Waals surface area contributed by atoms with Crippen LogP contribution in [-0.2, 0) is 0 Å². The third-order valence-electron chi connectivity index (χ3n) is 2.06. The fourth-order valence-corrected chi connectivity index (χ4v) is 1.28. The molecule has 0 spiro atoms. The molecular weight excluding hydrogens is 223 g/mol. The highest BCUT2D eigenvalue weighted by atomic mass is 19.1. The Kier molecular flexibility index (Phi) is 2.95. The van der Waals surface area contributed by atoms with E-state index in [4.69, 9.17) is 5.73 Å². The van der Waals surface area contributed by atoms with Crippen molar-refractivity contribution in [1.29, 1.82) is 0 Å². The minimum Gasteiger partial charge on any atom is -0.399 e. The quantitative estimate of drug-likeness (QED) is 0.768. The second-order valence-electron chi connectivity index (χ2n) is 3.32. The van der Waals surface area contributed by atoms with Gasteiger partial charge in [-0.1, -0.05) is 0 Å². The van der Waals surface area contributed by atoms with Crippen LogP contribution >= 0.6 is 0 Å². The molecule has 0 radical (unpaired) electrons. The van der Waals surface area contributed by atoms with Gasteiger partial charge in [0.2, 0.25) is 0 Å². The summed E-state index contributed by atoms with van der Waals surface area (Å²) in [4.78, 5) is 19.2. The molecule has 5 nitrogen and oxygen atoms in total. The molecule has 0 unspecified atom stereocenters. The first-order valence-electron chi connectivity index (χ1n) is 4.78. The second-order valence-corrected chi connectivity index (χ2v) is 3.32. The lowest BCUT2D eigenvalue weighted by Crippen LogP contribution is -2.14. The number of halogens is 1. The van der Waals surface area contributed by atoms with E-state index in [0.29, 0.717) is 5.69 Å².